The van der Waals surface area contributed by atoms with Crippen LogP contribution in [-0.2, 0) is 16.6 Å². The number of aryl methyl sites for hydroxylation is 3. The lowest BCUT2D eigenvalue weighted by Gasteiger charge is -2.07. The molecule has 0 fully saturated rings. The van der Waals surface area contributed by atoms with Crippen molar-refractivity contribution in [3.63, 3.8) is 0 Å². The lowest BCUT2D eigenvalue weighted by molar-refractivity contribution is 0.390. The summed E-state index contributed by atoms with van der Waals surface area (Å²) in [5.41, 5.74) is 2.50. The first-order valence-electron chi connectivity index (χ1n) is 7.33. The molecule has 8 heteroatoms. The normalized spacial score (nSPS) is 11.8. The molecule has 7 nitrogen and oxygen atoms in total. The van der Waals surface area contributed by atoms with E-state index in [9.17, 15) is 8.42 Å². The summed E-state index contributed by atoms with van der Waals surface area (Å²) in [5.74, 6) is 0.820. The highest BCUT2D eigenvalue weighted by molar-refractivity contribution is 7.89. The molecule has 0 radical (unpaired) electrons. The number of hydrogen-bond acceptors (Lipinski definition) is 6. The molecule has 0 amide bonds. The van der Waals surface area contributed by atoms with Gasteiger partial charge in [0, 0.05) is 17.7 Å². The third-order valence-electron chi connectivity index (χ3n) is 3.71. The molecule has 0 aliphatic heterocycles. The molecule has 2 heterocycles. The number of rotatable bonds is 5. The zero-order chi connectivity index (χ0) is 17.3. The molecule has 0 saturated carbocycles. The number of benzene rings is 1. The molecule has 24 heavy (non-hydrogen) atoms. The first kappa shape index (κ1) is 16.4. The van der Waals surface area contributed by atoms with Crippen molar-refractivity contribution < 1.29 is 17.5 Å². The highest BCUT2D eigenvalue weighted by Gasteiger charge is 2.25. The molecule has 0 bridgehead atoms. The second-order valence-electron chi connectivity index (χ2n) is 5.41. The maximum atomic E-state index is 12.5. The molecular formula is C16H17N3O4S. The lowest BCUT2D eigenvalue weighted by Crippen LogP contribution is -2.24. The summed E-state index contributed by atoms with van der Waals surface area (Å²) in [6, 6.07) is 9.46. The van der Waals surface area contributed by atoms with Crippen LogP contribution < -0.4 is 4.72 Å². The Balaban J connectivity index is 1.90. The number of sulfonamides is 1. The Morgan fingerprint density at radius 1 is 1.00 bits per heavy atom. The Morgan fingerprint density at radius 2 is 1.67 bits per heavy atom. The van der Waals surface area contributed by atoms with Crippen LogP contribution >= 0.6 is 0 Å². The van der Waals surface area contributed by atoms with Gasteiger partial charge in [0.15, 0.2) is 5.76 Å². The molecular weight excluding hydrogens is 330 g/mol. The third-order valence-corrected chi connectivity index (χ3v) is 5.35. The lowest BCUT2D eigenvalue weighted by atomic mass is 10.1. The fourth-order valence-electron chi connectivity index (χ4n) is 2.52. The zero-order valence-corrected chi connectivity index (χ0v) is 14.3. The van der Waals surface area contributed by atoms with Gasteiger partial charge in [0.2, 0.25) is 10.0 Å². The Hall–Kier alpha value is -2.45. The van der Waals surface area contributed by atoms with Crippen LogP contribution in [0.2, 0.25) is 0 Å². The predicted octanol–water partition coefficient (Wildman–Crippen LogP) is 2.73. The summed E-state index contributed by atoms with van der Waals surface area (Å²) >= 11 is 0. The predicted molar refractivity (Wildman–Crippen MR) is 86.7 cm³/mol. The van der Waals surface area contributed by atoms with Crippen molar-refractivity contribution in [3.05, 3.63) is 53.1 Å². The van der Waals surface area contributed by atoms with Crippen molar-refractivity contribution in [2.24, 2.45) is 0 Å². The quantitative estimate of drug-likeness (QED) is 0.762. The minimum Gasteiger partial charge on any atom is -0.361 e. The van der Waals surface area contributed by atoms with E-state index < -0.39 is 10.0 Å². The summed E-state index contributed by atoms with van der Waals surface area (Å²) < 4.78 is 37.8. The topological polar surface area (TPSA) is 98.2 Å². The molecule has 126 valence electrons. The highest BCUT2D eigenvalue weighted by Crippen LogP contribution is 2.26. The number of aromatic nitrogens is 2. The van der Waals surface area contributed by atoms with Gasteiger partial charge < -0.3 is 9.05 Å². The van der Waals surface area contributed by atoms with Crippen molar-refractivity contribution >= 4 is 10.0 Å². The van der Waals surface area contributed by atoms with Gasteiger partial charge in [-0.3, -0.25) is 0 Å². The summed E-state index contributed by atoms with van der Waals surface area (Å²) in [6.07, 6.45) is 0. The molecule has 0 atom stereocenters. The number of nitrogens with one attached hydrogen (secondary N) is 1. The van der Waals surface area contributed by atoms with Crippen LogP contribution in [-0.4, -0.2) is 18.7 Å². The third kappa shape index (κ3) is 2.98. The smallest absolute Gasteiger partial charge is 0.246 e. The first-order valence-corrected chi connectivity index (χ1v) is 8.81. The van der Waals surface area contributed by atoms with E-state index in [1.807, 2.05) is 30.3 Å². The highest BCUT2D eigenvalue weighted by atomic mass is 32.2. The fraction of sp³-hybridized carbons (Fsp3) is 0.250. The van der Waals surface area contributed by atoms with Gasteiger partial charge in [-0.2, -0.15) is 0 Å². The van der Waals surface area contributed by atoms with Crippen molar-refractivity contribution in [3.8, 4) is 11.3 Å². The van der Waals surface area contributed by atoms with Crippen LogP contribution in [0.25, 0.3) is 11.3 Å². The molecule has 3 aromatic rings. The molecule has 0 unspecified atom stereocenters. The average molecular weight is 347 g/mol. The van der Waals surface area contributed by atoms with Crippen molar-refractivity contribution in [2.75, 3.05) is 0 Å². The van der Waals surface area contributed by atoms with Crippen LogP contribution in [0.1, 0.15) is 22.8 Å². The van der Waals surface area contributed by atoms with Gasteiger partial charge in [-0.05, 0) is 20.8 Å². The van der Waals surface area contributed by atoms with Crippen molar-refractivity contribution in [2.45, 2.75) is 32.2 Å². The standard InChI is InChI=1S/C16H17N3O4S/c1-10-16(12(3)23-18-10)24(20,21)17-9-14-11(2)22-19-15(14)13-7-5-4-6-8-13/h4-8,17H,9H2,1-3H3. The second-order valence-corrected chi connectivity index (χ2v) is 7.11. The average Bonchev–Trinajstić information content (AvgIpc) is 3.09. The Bertz CT molecular complexity index is 939. The molecule has 2 aromatic heterocycles. The molecule has 0 aliphatic rings. The SMILES string of the molecule is Cc1noc(C)c1S(=O)(=O)NCc1c(-c2ccccc2)noc1C. The summed E-state index contributed by atoms with van der Waals surface area (Å²) in [7, 11) is -3.75. The van der Waals surface area contributed by atoms with Crippen molar-refractivity contribution in [1.29, 1.82) is 0 Å². The van der Waals surface area contributed by atoms with E-state index in [0.717, 1.165) is 5.56 Å². The maximum absolute atomic E-state index is 12.5. The van der Waals surface area contributed by atoms with E-state index in [4.69, 9.17) is 9.05 Å². The zero-order valence-electron chi connectivity index (χ0n) is 13.5. The largest absolute Gasteiger partial charge is 0.361 e. The summed E-state index contributed by atoms with van der Waals surface area (Å²) in [4.78, 5) is 0.0675. The summed E-state index contributed by atoms with van der Waals surface area (Å²) in [6.45, 7) is 4.96. The second kappa shape index (κ2) is 6.21. The fourth-order valence-corrected chi connectivity index (χ4v) is 3.84. The van der Waals surface area contributed by atoms with E-state index >= 15 is 0 Å². The molecule has 0 saturated heterocycles. The Morgan fingerprint density at radius 3 is 2.29 bits per heavy atom. The number of nitrogens with zero attached hydrogens (tertiary/aromatic N) is 2. The van der Waals surface area contributed by atoms with Gasteiger partial charge in [-0.25, -0.2) is 13.1 Å². The van der Waals surface area contributed by atoms with Crippen LogP contribution in [0.3, 0.4) is 0 Å². The van der Waals surface area contributed by atoms with Crippen molar-refractivity contribution in [1.82, 2.24) is 15.0 Å². The van der Waals surface area contributed by atoms with Gasteiger partial charge in [0.25, 0.3) is 0 Å². The van der Waals surface area contributed by atoms with E-state index in [2.05, 4.69) is 15.0 Å². The minimum atomic E-state index is -3.75. The van der Waals surface area contributed by atoms with E-state index in [1.165, 1.54) is 0 Å². The van der Waals surface area contributed by atoms with Gasteiger partial charge in [-0.15, -0.1) is 0 Å². The Kier molecular flexibility index (Phi) is 4.25. The monoisotopic (exact) mass is 347 g/mol. The van der Waals surface area contributed by atoms with Gasteiger partial charge in [0.1, 0.15) is 22.0 Å². The van der Waals surface area contributed by atoms with Crippen LogP contribution in [0, 0.1) is 20.8 Å². The van der Waals surface area contributed by atoms with Crippen LogP contribution in [0.4, 0.5) is 0 Å². The molecule has 0 aliphatic carbocycles. The van der Waals surface area contributed by atoms with Gasteiger partial charge in [0.05, 0.1) is 0 Å². The Labute approximate surface area is 139 Å². The molecule has 0 spiro atoms. The number of hydrogen-bond donors (Lipinski definition) is 1. The van der Waals surface area contributed by atoms with Crippen LogP contribution in [0.5, 0.6) is 0 Å². The van der Waals surface area contributed by atoms with E-state index in [-0.39, 0.29) is 17.2 Å². The molecule has 1 aromatic carbocycles. The van der Waals surface area contributed by atoms with Crippen LogP contribution in [0.15, 0.2) is 44.3 Å². The van der Waals surface area contributed by atoms with Gasteiger partial charge in [-0.1, -0.05) is 40.6 Å². The molecule has 1 N–H and O–H groups in total. The van der Waals surface area contributed by atoms with E-state index in [0.29, 0.717) is 22.7 Å². The molecule has 3 rings (SSSR count). The minimum absolute atomic E-state index is 0.0615. The van der Waals surface area contributed by atoms with E-state index in [1.54, 1.807) is 20.8 Å². The summed E-state index contributed by atoms with van der Waals surface area (Å²) in [5, 5.41) is 7.73. The van der Waals surface area contributed by atoms with Gasteiger partial charge >= 0.3 is 0 Å². The first-order chi connectivity index (χ1) is 11.4. The maximum Gasteiger partial charge on any atom is 0.246 e.